The van der Waals surface area contributed by atoms with Crippen LogP contribution in [0.25, 0.3) is 76.9 Å². The van der Waals surface area contributed by atoms with Crippen LogP contribution in [0.4, 0.5) is 0 Å². The van der Waals surface area contributed by atoms with Crippen LogP contribution in [-0.4, -0.2) is 0 Å². The van der Waals surface area contributed by atoms with Gasteiger partial charge in [0, 0.05) is 10.8 Å². The molecule has 0 spiro atoms. The van der Waals surface area contributed by atoms with Crippen molar-refractivity contribution in [1.29, 1.82) is 0 Å². The molecule has 8 rings (SSSR count). The fourth-order valence-corrected chi connectivity index (χ4v) is 5.54. The summed E-state index contributed by atoms with van der Waals surface area (Å²) in [7, 11) is 0. The number of para-hydroxylation sites is 1. The van der Waals surface area contributed by atoms with Crippen molar-refractivity contribution >= 4 is 43.5 Å². The third-order valence-electron chi connectivity index (χ3n) is 7.13. The monoisotopic (exact) mass is 507 g/mol. The minimum absolute atomic E-state index is 0.00350. The lowest BCUT2D eigenvalue weighted by Crippen LogP contribution is -1.93. The SMILES string of the molecule is [2H]c1c([2H])c([2H])c(-c2c3ccccc3c(-c3c([2H])c([2H])c([2H])c4oc5c([2H])c([2H])c([2H])c([2H])c5c34)c3ccccc23)c(-c2ccccc2)c1[2H]. The van der Waals surface area contributed by atoms with Crippen LogP contribution in [0.1, 0.15) is 15.1 Å². The van der Waals surface area contributed by atoms with Gasteiger partial charge in [0.2, 0.25) is 0 Å². The van der Waals surface area contributed by atoms with Gasteiger partial charge in [0.15, 0.2) is 0 Å². The molecule has 39 heavy (non-hydrogen) atoms. The minimum atomic E-state index is -0.506. The zero-order valence-corrected chi connectivity index (χ0v) is 20.4. The lowest BCUT2D eigenvalue weighted by atomic mass is 9.83. The summed E-state index contributed by atoms with van der Waals surface area (Å²) in [4.78, 5) is 0. The van der Waals surface area contributed by atoms with Gasteiger partial charge in [0.1, 0.15) is 11.2 Å². The number of fused-ring (bicyclic) bond motifs is 5. The molecule has 1 aromatic heterocycles. The molecule has 0 fully saturated rings. The molecule has 0 radical (unpaired) electrons. The molecule has 0 saturated carbocycles. The van der Waals surface area contributed by atoms with Crippen molar-refractivity contribution in [2.45, 2.75) is 0 Å². The Morgan fingerprint density at radius 1 is 0.410 bits per heavy atom. The molecule has 0 aliphatic heterocycles. The second-order valence-electron chi connectivity index (χ2n) is 9.22. The highest BCUT2D eigenvalue weighted by atomic mass is 16.3. The largest absolute Gasteiger partial charge is 0.456 e. The Balaban J connectivity index is 1.64. The van der Waals surface area contributed by atoms with Gasteiger partial charge in [0.25, 0.3) is 0 Å². The lowest BCUT2D eigenvalue weighted by Gasteiger charge is -2.20. The summed E-state index contributed by atoms with van der Waals surface area (Å²) in [5.74, 6) is 0. The number of furan rings is 1. The van der Waals surface area contributed by atoms with E-state index in [-0.39, 0.29) is 57.7 Å². The van der Waals surface area contributed by atoms with Crippen LogP contribution in [0, 0.1) is 0 Å². The van der Waals surface area contributed by atoms with Gasteiger partial charge < -0.3 is 4.42 Å². The molecule has 0 aliphatic carbocycles. The topological polar surface area (TPSA) is 13.1 Å². The second kappa shape index (κ2) is 8.72. The van der Waals surface area contributed by atoms with Crippen molar-refractivity contribution in [3.8, 4) is 33.4 Å². The molecule has 0 N–H and O–H groups in total. The molecular formula is C38H24O. The zero-order chi connectivity index (χ0) is 35.3. The maximum atomic E-state index is 9.28. The van der Waals surface area contributed by atoms with Gasteiger partial charge in [-0.15, -0.1) is 0 Å². The van der Waals surface area contributed by atoms with Crippen LogP contribution in [-0.2, 0) is 0 Å². The van der Waals surface area contributed by atoms with Crippen LogP contribution in [0.3, 0.4) is 0 Å². The summed E-state index contributed by atoms with van der Waals surface area (Å²) in [6, 6.07) is 19.4. The quantitative estimate of drug-likeness (QED) is 0.217. The Bertz CT molecular complexity index is 2710. The summed E-state index contributed by atoms with van der Waals surface area (Å²) in [5, 5.41) is 2.43. The number of rotatable bonds is 3. The maximum absolute atomic E-state index is 9.28. The van der Waals surface area contributed by atoms with E-state index in [1.54, 1.807) is 36.4 Å². The molecule has 0 aliphatic rings. The standard InChI is InChI=1S/C38H24O/c1-2-13-25(14-3-1)26-15-4-5-16-27(26)36-28-17-6-8-19-30(28)37(31-20-9-7-18-29(31)36)33-22-12-24-35-38(33)32-21-10-11-23-34(32)39-35/h1-24H/i4D,5D,10D,11D,12D,15D,16D,21D,22D,23D,24D. The van der Waals surface area contributed by atoms with Gasteiger partial charge in [-0.25, -0.2) is 0 Å². The first kappa shape index (κ1) is 13.6. The van der Waals surface area contributed by atoms with Crippen molar-refractivity contribution in [3.05, 3.63) is 145 Å². The van der Waals surface area contributed by atoms with E-state index in [0.717, 1.165) is 0 Å². The van der Waals surface area contributed by atoms with Gasteiger partial charge in [0.05, 0.1) is 15.1 Å². The van der Waals surface area contributed by atoms with Gasteiger partial charge in [-0.05, 0) is 67.0 Å². The first-order valence-corrected chi connectivity index (χ1v) is 12.5. The van der Waals surface area contributed by atoms with Crippen molar-refractivity contribution in [1.82, 2.24) is 0 Å². The molecule has 7 aromatic carbocycles. The van der Waals surface area contributed by atoms with Gasteiger partial charge >= 0.3 is 0 Å². The Morgan fingerprint density at radius 3 is 1.62 bits per heavy atom. The fraction of sp³-hybridized carbons (Fsp3) is 0. The molecule has 8 aromatic rings. The Morgan fingerprint density at radius 2 is 0.923 bits per heavy atom. The Hall–Kier alpha value is -5.14. The van der Waals surface area contributed by atoms with E-state index in [9.17, 15) is 2.74 Å². The summed E-state index contributed by atoms with van der Waals surface area (Å²) in [6.07, 6.45) is 0. The normalized spacial score (nSPS) is 15.5. The highest BCUT2D eigenvalue weighted by Crippen LogP contribution is 2.48. The van der Waals surface area contributed by atoms with E-state index in [1.807, 2.05) is 42.5 Å². The molecule has 0 amide bonds. The van der Waals surface area contributed by atoms with Crippen molar-refractivity contribution < 1.29 is 19.5 Å². The summed E-state index contributed by atoms with van der Waals surface area (Å²) >= 11 is 0. The number of hydrogen-bond donors (Lipinski definition) is 0. The van der Waals surface area contributed by atoms with Crippen LogP contribution >= 0.6 is 0 Å². The molecule has 0 unspecified atom stereocenters. The summed E-state index contributed by atoms with van der Waals surface area (Å²) in [6.45, 7) is 0. The Kier molecular flexibility index (Phi) is 3.04. The van der Waals surface area contributed by atoms with Crippen LogP contribution < -0.4 is 0 Å². The molecule has 0 bridgehead atoms. The minimum Gasteiger partial charge on any atom is -0.456 e. The fourth-order valence-electron chi connectivity index (χ4n) is 5.54. The van der Waals surface area contributed by atoms with Crippen LogP contribution in [0.2, 0.25) is 0 Å². The number of benzene rings is 7. The van der Waals surface area contributed by atoms with Crippen molar-refractivity contribution in [3.63, 3.8) is 0 Å². The van der Waals surface area contributed by atoms with E-state index in [2.05, 4.69) is 0 Å². The van der Waals surface area contributed by atoms with E-state index < -0.39 is 36.3 Å². The molecule has 1 heterocycles. The van der Waals surface area contributed by atoms with Crippen molar-refractivity contribution in [2.75, 3.05) is 0 Å². The third kappa shape index (κ3) is 3.34. The predicted octanol–water partition coefficient (Wildman–Crippen LogP) is 10.9. The van der Waals surface area contributed by atoms with Crippen LogP contribution in [0.15, 0.2) is 150 Å². The average Bonchev–Trinajstić information content (AvgIpc) is 3.54. The molecule has 182 valence electrons. The third-order valence-corrected chi connectivity index (χ3v) is 7.13. The van der Waals surface area contributed by atoms with Gasteiger partial charge in [-0.2, -0.15) is 0 Å². The highest BCUT2D eigenvalue weighted by Gasteiger charge is 2.21. The molecule has 0 saturated heterocycles. The highest BCUT2D eigenvalue weighted by molar-refractivity contribution is 6.26. The molecular weight excluding hydrogens is 472 g/mol. The predicted molar refractivity (Wildman–Crippen MR) is 165 cm³/mol. The smallest absolute Gasteiger partial charge is 0.136 e. The zero-order valence-electron chi connectivity index (χ0n) is 31.4. The first-order valence-electron chi connectivity index (χ1n) is 18.0. The van der Waals surface area contributed by atoms with E-state index in [4.69, 9.17) is 16.8 Å². The average molecular weight is 508 g/mol. The summed E-state index contributed by atoms with van der Waals surface area (Å²) in [5.41, 5.74) is 2.06. The van der Waals surface area contributed by atoms with Gasteiger partial charge in [-0.1, -0.05) is 133 Å². The molecule has 0 atom stereocenters. The van der Waals surface area contributed by atoms with Gasteiger partial charge in [-0.3, -0.25) is 0 Å². The maximum Gasteiger partial charge on any atom is 0.136 e. The van der Waals surface area contributed by atoms with Crippen LogP contribution in [0.5, 0.6) is 0 Å². The number of hydrogen-bond acceptors (Lipinski definition) is 1. The van der Waals surface area contributed by atoms with E-state index >= 15 is 0 Å². The lowest BCUT2D eigenvalue weighted by molar-refractivity contribution is 0.669. The first-order chi connectivity index (χ1) is 24.0. The van der Waals surface area contributed by atoms with E-state index in [0.29, 0.717) is 49.4 Å². The molecule has 1 nitrogen and oxygen atoms in total. The van der Waals surface area contributed by atoms with Crippen molar-refractivity contribution in [2.24, 2.45) is 0 Å². The second-order valence-corrected chi connectivity index (χ2v) is 9.22. The summed E-state index contributed by atoms with van der Waals surface area (Å²) < 4.78 is 102. The molecule has 1 heteroatoms. The van der Waals surface area contributed by atoms with E-state index in [1.165, 1.54) is 0 Å². The Labute approximate surface area is 242 Å².